The number of amides is 2. The number of halogens is 1. The Morgan fingerprint density at radius 1 is 1.26 bits per heavy atom. The quantitative estimate of drug-likeness (QED) is 0.758. The van der Waals surface area contributed by atoms with Crippen molar-refractivity contribution in [2.24, 2.45) is 5.92 Å². The molecule has 2 rings (SSSR count). The van der Waals surface area contributed by atoms with E-state index in [1.54, 1.807) is 12.1 Å². The first-order chi connectivity index (χ1) is 11.1. The molecule has 1 aliphatic heterocycles. The zero-order chi connectivity index (χ0) is 16.5. The van der Waals surface area contributed by atoms with Gasteiger partial charge < -0.3 is 15.5 Å². The molecule has 2 amide bonds. The topological polar surface area (TPSA) is 44.4 Å². The van der Waals surface area contributed by atoms with Crippen molar-refractivity contribution in [1.82, 2.24) is 15.5 Å². The fourth-order valence-corrected chi connectivity index (χ4v) is 2.84. The summed E-state index contributed by atoms with van der Waals surface area (Å²) >= 11 is 0. The summed E-state index contributed by atoms with van der Waals surface area (Å²) in [5.74, 6) is 0.589. The molecule has 23 heavy (non-hydrogen) atoms. The molecule has 0 atom stereocenters. The van der Waals surface area contributed by atoms with Crippen molar-refractivity contribution in [3.8, 4) is 0 Å². The molecule has 1 aromatic rings. The molecule has 0 aromatic heterocycles. The number of hydrogen-bond donors (Lipinski definition) is 2. The second kappa shape index (κ2) is 9.50. The highest BCUT2D eigenvalue weighted by Crippen LogP contribution is 2.15. The van der Waals surface area contributed by atoms with Gasteiger partial charge in [-0.25, -0.2) is 9.18 Å². The van der Waals surface area contributed by atoms with E-state index in [1.165, 1.54) is 38.1 Å². The summed E-state index contributed by atoms with van der Waals surface area (Å²) in [5, 5.41) is 5.59. The Bertz CT molecular complexity index is 487. The fraction of sp³-hybridized carbons (Fsp3) is 0.611. The van der Waals surface area contributed by atoms with Gasteiger partial charge in [0, 0.05) is 13.1 Å². The summed E-state index contributed by atoms with van der Waals surface area (Å²) in [7, 11) is 0. The average Bonchev–Trinajstić information content (AvgIpc) is 2.54. The van der Waals surface area contributed by atoms with Crippen molar-refractivity contribution in [3.05, 3.63) is 35.6 Å². The molecular weight excluding hydrogens is 293 g/mol. The molecule has 0 unspecified atom stereocenters. The van der Waals surface area contributed by atoms with Crippen LogP contribution in [0.1, 0.15) is 38.2 Å². The van der Waals surface area contributed by atoms with Crippen LogP contribution >= 0.6 is 0 Å². The Hall–Kier alpha value is -1.62. The van der Waals surface area contributed by atoms with Crippen molar-refractivity contribution in [2.45, 2.75) is 39.2 Å². The van der Waals surface area contributed by atoms with E-state index in [2.05, 4.69) is 22.5 Å². The zero-order valence-electron chi connectivity index (χ0n) is 14.0. The summed E-state index contributed by atoms with van der Waals surface area (Å²) in [6, 6.07) is 6.07. The second-order valence-corrected chi connectivity index (χ2v) is 6.47. The van der Waals surface area contributed by atoms with Gasteiger partial charge >= 0.3 is 6.03 Å². The highest BCUT2D eigenvalue weighted by atomic mass is 19.1. The lowest BCUT2D eigenvalue weighted by Gasteiger charge is -2.30. The lowest BCUT2D eigenvalue weighted by Crippen LogP contribution is -2.36. The molecule has 0 aliphatic carbocycles. The van der Waals surface area contributed by atoms with Crippen LogP contribution in [0.25, 0.3) is 0 Å². The van der Waals surface area contributed by atoms with Crippen LogP contribution < -0.4 is 10.6 Å². The minimum atomic E-state index is -0.281. The van der Waals surface area contributed by atoms with Gasteiger partial charge in [-0.1, -0.05) is 19.1 Å². The number of benzene rings is 1. The van der Waals surface area contributed by atoms with Gasteiger partial charge in [0.05, 0.1) is 0 Å². The second-order valence-electron chi connectivity index (χ2n) is 6.47. The van der Waals surface area contributed by atoms with Crippen LogP contribution in [0.4, 0.5) is 9.18 Å². The number of piperidine rings is 1. The minimum absolute atomic E-state index is 0.193. The van der Waals surface area contributed by atoms with Crippen molar-refractivity contribution in [1.29, 1.82) is 0 Å². The molecule has 0 spiro atoms. The molecule has 0 radical (unpaired) electrons. The van der Waals surface area contributed by atoms with Gasteiger partial charge in [0.25, 0.3) is 0 Å². The van der Waals surface area contributed by atoms with E-state index < -0.39 is 0 Å². The third-order valence-electron chi connectivity index (χ3n) is 4.41. The molecule has 128 valence electrons. The van der Waals surface area contributed by atoms with E-state index in [9.17, 15) is 9.18 Å². The molecule has 0 bridgehead atoms. The van der Waals surface area contributed by atoms with Gasteiger partial charge in [0.2, 0.25) is 0 Å². The lowest BCUT2D eigenvalue weighted by molar-refractivity contribution is 0.189. The summed E-state index contributed by atoms with van der Waals surface area (Å²) in [6.07, 6.45) is 4.71. The summed E-state index contributed by atoms with van der Waals surface area (Å²) in [5.41, 5.74) is 0.763. The standard InChI is InChI=1S/C18H28FN3O/c1-15-7-11-22(12-8-15)10-3-2-9-20-18(23)21-14-16-5-4-6-17(19)13-16/h4-6,13,15H,2-3,7-12,14H2,1H3,(H2,20,21,23). The fourth-order valence-electron chi connectivity index (χ4n) is 2.84. The third kappa shape index (κ3) is 6.99. The van der Waals surface area contributed by atoms with Crippen LogP contribution in [-0.2, 0) is 6.54 Å². The van der Waals surface area contributed by atoms with Crippen LogP contribution in [0, 0.1) is 11.7 Å². The van der Waals surface area contributed by atoms with Crippen molar-refractivity contribution in [3.63, 3.8) is 0 Å². The molecule has 1 aromatic carbocycles. The van der Waals surface area contributed by atoms with Crippen molar-refractivity contribution in [2.75, 3.05) is 26.2 Å². The number of nitrogens with one attached hydrogen (secondary N) is 2. The summed E-state index contributed by atoms with van der Waals surface area (Å²) in [4.78, 5) is 14.2. The number of unbranched alkanes of at least 4 members (excludes halogenated alkanes) is 1. The molecule has 2 N–H and O–H groups in total. The number of carbonyl (C=O) groups excluding carboxylic acids is 1. The lowest BCUT2D eigenvalue weighted by atomic mass is 9.99. The predicted molar refractivity (Wildman–Crippen MR) is 90.7 cm³/mol. The Morgan fingerprint density at radius 3 is 2.78 bits per heavy atom. The summed E-state index contributed by atoms with van der Waals surface area (Å²) < 4.78 is 13.0. The number of urea groups is 1. The smallest absolute Gasteiger partial charge is 0.315 e. The number of carbonyl (C=O) groups is 1. The van der Waals surface area contributed by atoms with Crippen molar-refractivity contribution >= 4 is 6.03 Å². The van der Waals surface area contributed by atoms with Crippen LogP contribution in [0.5, 0.6) is 0 Å². The molecule has 1 heterocycles. The van der Waals surface area contributed by atoms with Gasteiger partial charge in [0.15, 0.2) is 0 Å². The van der Waals surface area contributed by atoms with E-state index in [-0.39, 0.29) is 11.8 Å². The van der Waals surface area contributed by atoms with Crippen LogP contribution in [0.15, 0.2) is 24.3 Å². The van der Waals surface area contributed by atoms with Gasteiger partial charge in [-0.3, -0.25) is 0 Å². The average molecular weight is 321 g/mol. The SMILES string of the molecule is CC1CCN(CCCCNC(=O)NCc2cccc(F)c2)CC1. The number of rotatable bonds is 7. The predicted octanol–water partition coefficient (Wildman–Crippen LogP) is 3.14. The number of hydrogen-bond acceptors (Lipinski definition) is 2. The highest BCUT2D eigenvalue weighted by molar-refractivity contribution is 5.73. The largest absolute Gasteiger partial charge is 0.338 e. The van der Waals surface area contributed by atoms with Gasteiger partial charge in [-0.15, -0.1) is 0 Å². The maximum Gasteiger partial charge on any atom is 0.315 e. The van der Waals surface area contributed by atoms with E-state index in [0.717, 1.165) is 30.9 Å². The van der Waals surface area contributed by atoms with Gasteiger partial charge in [-0.05, 0) is 68.9 Å². The zero-order valence-corrected chi connectivity index (χ0v) is 14.0. The Balaban J connectivity index is 1.50. The third-order valence-corrected chi connectivity index (χ3v) is 4.41. The molecule has 5 heteroatoms. The molecule has 0 saturated carbocycles. The Morgan fingerprint density at radius 2 is 2.04 bits per heavy atom. The van der Waals surface area contributed by atoms with Crippen LogP contribution in [-0.4, -0.2) is 37.1 Å². The molecule has 1 saturated heterocycles. The monoisotopic (exact) mass is 321 g/mol. The maximum absolute atomic E-state index is 13.0. The number of nitrogens with zero attached hydrogens (tertiary/aromatic N) is 1. The first-order valence-corrected chi connectivity index (χ1v) is 8.62. The van der Waals surface area contributed by atoms with Crippen LogP contribution in [0.2, 0.25) is 0 Å². The minimum Gasteiger partial charge on any atom is -0.338 e. The molecule has 1 fully saturated rings. The molecule has 1 aliphatic rings. The first kappa shape index (κ1) is 17.7. The normalized spacial score (nSPS) is 16.3. The maximum atomic E-state index is 13.0. The van der Waals surface area contributed by atoms with E-state index in [4.69, 9.17) is 0 Å². The van der Waals surface area contributed by atoms with Crippen molar-refractivity contribution < 1.29 is 9.18 Å². The van der Waals surface area contributed by atoms with Gasteiger partial charge in [0.1, 0.15) is 5.82 Å². The highest BCUT2D eigenvalue weighted by Gasteiger charge is 2.14. The molecular formula is C18H28FN3O. The van der Waals surface area contributed by atoms with E-state index in [0.29, 0.717) is 13.1 Å². The van der Waals surface area contributed by atoms with Gasteiger partial charge in [-0.2, -0.15) is 0 Å². The first-order valence-electron chi connectivity index (χ1n) is 8.62. The Kier molecular flexibility index (Phi) is 7.33. The summed E-state index contributed by atoms with van der Waals surface area (Å²) in [6.45, 7) is 6.89. The Labute approximate surface area is 138 Å². The van der Waals surface area contributed by atoms with E-state index >= 15 is 0 Å². The number of likely N-dealkylation sites (tertiary alicyclic amines) is 1. The molecule has 4 nitrogen and oxygen atoms in total. The van der Waals surface area contributed by atoms with Crippen LogP contribution in [0.3, 0.4) is 0 Å². The van der Waals surface area contributed by atoms with E-state index in [1.807, 2.05) is 0 Å².